The third kappa shape index (κ3) is 5.44. The monoisotopic (exact) mass is 289 g/mol. The largest absolute Gasteiger partial charge is 0.491 e. The van der Waals surface area contributed by atoms with Gasteiger partial charge in [0.25, 0.3) is 0 Å². The summed E-state index contributed by atoms with van der Waals surface area (Å²) >= 11 is 0. The standard InChI is InChI=1S/C17H20FNO2/c1-2-20-11-12-21-17-9-7-16(8-10-17)19-13-14-3-5-15(18)6-4-14/h3-10,19H,2,11-13H2,1H3. The summed E-state index contributed by atoms with van der Waals surface area (Å²) in [5, 5.41) is 3.28. The van der Waals surface area contributed by atoms with Crippen LogP contribution in [0.5, 0.6) is 5.75 Å². The number of hydrogen-bond acceptors (Lipinski definition) is 3. The minimum atomic E-state index is -0.215. The molecule has 0 saturated heterocycles. The first kappa shape index (κ1) is 15.3. The van der Waals surface area contributed by atoms with Crippen molar-refractivity contribution in [1.82, 2.24) is 0 Å². The summed E-state index contributed by atoms with van der Waals surface area (Å²) in [6, 6.07) is 14.2. The smallest absolute Gasteiger partial charge is 0.123 e. The Morgan fingerprint density at radius 2 is 1.67 bits per heavy atom. The van der Waals surface area contributed by atoms with E-state index in [-0.39, 0.29) is 5.82 Å². The van der Waals surface area contributed by atoms with Crippen LogP contribution in [0.15, 0.2) is 48.5 Å². The minimum absolute atomic E-state index is 0.215. The van der Waals surface area contributed by atoms with Crippen LogP contribution in [0.4, 0.5) is 10.1 Å². The van der Waals surface area contributed by atoms with Crippen molar-refractivity contribution in [3.63, 3.8) is 0 Å². The number of ether oxygens (including phenoxy) is 2. The van der Waals surface area contributed by atoms with Crippen LogP contribution in [0.1, 0.15) is 12.5 Å². The van der Waals surface area contributed by atoms with Crippen molar-refractivity contribution in [2.45, 2.75) is 13.5 Å². The summed E-state index contributed by atoms with van der Waals surface area (Å²) in [4.78, 5) is 0. The second kappa shape index (κ2) is 8.27. The molecular formula is C17H20FNO2. The molecule has 0 unspecified atom stereocenters. The molecule has 3 nitrogen and oxygen atoms in total. The molecule has 0 saturated carbocycles. The molecule has 4 heteroatoms. The molecule has 112 valence electrons. The van der Waals surface area contributed by atoms with Crippen molar-refractivity contribution < 1.29 is 13.9 Å². The number of benzene rings is 2. The van der Waals surface area contributed by atoms with E-state index in [1.807, 2.05) is 31.2 Å². The number of hydrogen-bond donors (Lipinski definition) is 1. The van der Waals surface area contributed by atoms with Crippen LogP contribution >= 0.6 is 0 Å². The van der Waals surface area contributed by atoms with E-state index in [1.54, 1.807) is 12.1 Å². The first-order chi connectivity index (χ1) is 10.3. The molecule has 2 aromatic carbocycles. The van der Waals surface area contributed by atoms with Gasteiger partial charge in [-0.1, -0.05) is 12.1 Å². The summed E-state index contributed by atoms with van der Waals surface area (Å²) in [5.74, 6) is 0.606. The lowest BCUT2D eigenvalue weighted by Crippen LogP contribution is -2.06. The summed E-state index contributed by atoms with van der Waals surface area (Å²) in [6.07, 6.45) is 0. The predicted octanol–water partition coefficient (Wildman–Crippen LogP) is 3.85. The fraction of sp³-hybridized carbons (Fsp3) is 0.294. The lowest BCUT2D eigenvalue weighted by molar-refractivity contribution is 0.110. The molecule has 0 aliphatic heterocycles. The van der Waals surface area contributed by atoms with E-state index in [2.05, 4.69) is 5.32 Å². The van der Waals surface area contributed by atoms with Gasteiger partial charge in [0.1, 0.15) is 18.2 Å². The van der Waals surface area contributed by atoms with Gasteiger partial charge >= 0.3 is 0 Å². The van der Waals surface area contributed by atoms with Crippen LogP contribution < -0.4 is 10.1 Å². The molecular weight excluding hydrogens is 269 g/mol. The highest BCUT2D eigenvalue weighted by Crippen LogP contribution is 2.16. The van der Waals surface area contributed by atoms with Gasteiger partial charge in [0.2, 0.25) is 0 Å². The molecule has 0 amide bonds. The van der Waals surface area contributed by atoms with Crippen LogP contribution in [-0.2, 0) is 11.3 Å². The maximum absolute atomic E-state index is 12.8. The van der Waals surface area contributed by atoms with Gasteiger partial charge in [0.15, 0.2) is 0 Å². The minimum Gasteiger partial charge on any atom is -0.491 e. The number of anilines is 1. The molecule has 0 radical (unpaired) electrons. The molecule has 0 bridgehead atoms. The Balaban J connectivity index is 1.78. The quantitative estimate of drug-likeness (QED) is 0.749. The van der Waals surface area contributed by atoms with Crippen LogP contribution in [-0.4, -0.2) is 19.8 Å². The molecule has 0 spiro atoms. The summed E-state index contributed by atoms with van der Waals surface area (Å²) in [7, 11) is 0. The molecule has 0 heterocycles. The first-order valence-electron chi connectivity index (χ1n) is 7.07. The molecule has 0 fully saturated rings. The molecule has 0 aliphatic rings. The maximum Gasteiger partial charge on any atom is 0.123 e. The van der Waals surface area contributed by atoms with Gasteiger partial charge in [0.05, 0.1) is 6.61 Å². The molecule has 21 heavy (non-hydrogen) atoms. The average Bonchev–Trinajstić information content (AvgIpc) is 2.52. The number of nitrogens with one attached hydrogen (secondary N) is 1. The van der Waals surface area contributed by atoms with E-state index >= 15 is 0 Å². The van der Waals surface area contributed by atoms with E-state index in [4.69, 9.17) is 9.47 Å². The van der Waals surface area contributed by atoms with Crippen molar-refractivity contribution in [3.05, 3.63) is 59.9 Å². The third-order valence-electron chi connectivity index (χ3n) is 2.96. The van der Waals surface area contributed by atoms with Gasteiger partial charge in [-0.05, 0) is 48.9 Å². The fourth-order valence-corrected chi connectivity index (χ4v) is 1.84. The number of rotatable bonds is 8. The van der Waals surface area contributed by atoms with E-state index in [0.29, 0.717) is 26.4 Å². The lowest BCUT2D eigenvalue weighted by Gasteiger charge is -2.09. The zero-order valence-electron chi connectivity index (χ0n) is 12.1. The summed E-state index contributed by atoms with van der Waals surface area (Å²) in [5.41, 5.74) is 2.03. The highest BCUT2D eigenvalue weighted by atomic mass is 19.1. The van der Waals surface area contributed by atoms with Crippen molar-refractivity contribution in [3.8, 4) is 5.75 Å². The second-order valence-corrected chi connectivity index (χ2v) is 4.55. The van der Waals surface area contributed by atoms with Crippen molar-refractivity contribution >= 4 is 5.69 Å². The predicted molar refractivity (Wildman–Crippen MR) is 82.2 cm³/mol. The van der Waals surface area contributed by atoms with E-state index < -0.39 is 0 Å². The number of halogens is 1. The van der Waals surface area contributed by atoms with E-state index in [9.17, 15) is 4.39 Å². The van der Waals surface area contributed by atoms with Crippen LogP contribution in [0.25, 0.3) is 0 Å². The Kier molecular flexibility index (Phi) is 6.03. The second-order valence-electron chi connectivity index (χ2n) is 4.55. The molecule has 2 aromatic rings. The molecule has 1 N–H and O–H groups in total. The zero-order chi connectivity index (χ0) is 14.9. The highest BCUT2D eigenvalue weighted by molar-refractivity contribution is 5.46. The molecule has 0 aliphatic carbocycles. The van der Waals surface area contributed by atoms with Gasteiger partial charge in [0, 0.05) is 18.8 Å². The third-order valence-corrected chi connectivity index (χ3v) is 2.96. The highest BCUT2D eigenvalue weighted by Gasteiger charge is 1.97. The van der Waals surface area contributed by atoms with Gasteiger partial charge in [-0.25, -0.2) is 4.39 Å². The van der Waals surface area contributed by atoms with Crippen molar-refractivity contribution in [2.75, 3.05) is 25.1 Å². The van der Waals surface area contributed by atoms with Crippen molar-refractivity contribution in [2.24, 2.45) is 0 Å². The van der Waals surface area contributed by atoms with Gasteiger partial charge in [-0.3, -0.25) is 0 Å². The molecule has 0 atom stereocenters. The van der Waals surface area contributed by atoms with Gasteiger partial charge < -0.3 is 14.8 Å². The molecule has 0 aromatic heterocycles. The first-order valence-corrected chi connectivity index (χ1v) is 7.07. The summed E-state index contributed by atoms with van der Waals surface area (Å²) in [6.45, 7) is 4.47. The Labute approximate surface area is 124 Å². The topological polar surface area (TPSA) is 30.5 Å². The SMILES string of the molecule is CCOCCOc1ccc(NCc2ccc(F)cc2)cc1. The fourth-order valence-electron chi connectivity index (χ4n) is 1.84. The van der Waals surface area contributed by atoms with Crippen LogP contribution in [0, 0.1) is 5.82 Å². The Morgan fingerprint density at radius 1 is 0.952 bits per heavy atom. The molecule has 2 rings (SSSR count). The van der Waals surface area contributed by atoms with E-state index in [1.165, 1.54) is 12.1 Å². The zero-order valence-corrected chi connectivity index (χ0v) is 12.1. The van der Waals surface area contributed by atoms with Gasteiger partial charge in [-0.15, -0.1) is 0 Å². The Bertz CT molecular complexity index is 525. The van der Waals surface area contributed by atoms with Gasteiger partial charge in [-0.2, -0.15) is 0 Å². The van der Waals surface area contributed by atoms with Crippen LogP contribution in [0.2, 0.25) is 0 Å². The van der Waals surface area contributed by atoms with Crippen LogP contribution in [0.3, 0.4) is 0 Å². The van der Waals surface area contributed by atoms with E-state index in [0.717, 1.165) is 17.0 Å². The average molecular weight is 289 g/mol. The normalized spacial score (nSPS) is 10.4. The Hall–Kier alpha value is -2.07. The summed E-state index contributed by atoms with van der Waals surface area (Å²) < 4.78 is 23.6. The lowest BCUT2D eigenvalue weighted by atomic mass is 10.2. The maximum atomic E-state index is 12.8. The Morgan fingerprint density at radius 3 is 2.33 bits per heavy atom. The van der Waals surface area contributed by atoms with Crippen molar-refractivity contribution in [1.29, 1.82) is 0 Å².